The van der Waals surface area contributed by atoms with Crippen molar-refractivity contribution in [2.45, 2.75) is 26.0 Å². The first kappa shape index (κ1) is 12.3. The van der Waals surface area contributed by atoms with E-state index in [1.165, 1.54) is 0 Å². The zero-order chi connectivity index (χ0) is 12.6. The maximum absolute atomic E-state index is 10.2. The average molecular weight is 295 g/mol. The molecule has 3 nitrogen and oxygen atoms in total. The summed E-state index contributed by atoms with van der Waals surface area (Å²) < 4.78 is 2.83. The van der Waals surface area contributed by atoms with E-state index in [1.54, 1.807) is 13.8 Å². The molecule has 1 aromatic heterocycles. The number of rotatable bonds is 3. The molecule has 0 saturated carbocycles. The van der Waals surface area contributed by atoms with Gasteiger partial charge in [-0.15, -0.1) is 0 Å². The van der Waals surface area contributed by atoms with Crippen LogP contribution in [0.4, 0.5) is 0 Å². The van der Waals surface area contributed by atoms with E-state index in [4.69, 9.17) is 0 Å². The molecule has 17 heavy (non-hydrogen) atoms. The minimum Gasteiger partial charge on any atom is -0.383 e. The van der Waals surface area contributed by atoms with Gasteiger partial charge < -0.3 is 9.67 Å². The Morgan fingerprint density at radius 3 is 2.71 bits per heavy atom. The normalized spacial score (nSPS) is 12.0. The third-order valence-electron chi connectivity index (χ3n) is 2.53. The number of hydrogen-bond acceptors (Lipinski definition) is 2. The summed E-state index contributed by atoms with van der Waals surface area (Å²) in [6, 6.07) is 7.84. The van der Waals surface area contributed by atoms with E-state index >= 15 is 0 Å². The quantitative estimate of drug-likeness (QED) is 0.944. The second-order valence-electron chi connectivity index (χ2n) is 4.59. The van der Waals surface area contributed by atoms with Crippen LogP contribution in [0.3, 0.4) is 0 Å². The number of nitrogens with zero attached hydrogens (tertiary/aromatic N) is 2. The lowest BCUT2D eigenvalue weighted by molar-refractivity contribution is 0.0657. The number of benzene rings is 1. The first-order chi connectivity index (χ1) is 7.89. The van der Waals surface area contributed by atoms with Crippen LogP contribution in [0.1, 0.15) is 19.7 Å². The van der Waals surface area contributed by atoms with E-state index in [-0.39, 0.29) is 0 Å². The van der Waals surface area contributed by atoms with Gasteiger partial charge in [0.2, 0.25) is 0 Å². The molecule has 0 aliphatic heterocycles. The van der Waals surface area contributed by atoms with Crippen molar-refractivity contribution in [3.8, 4) is 0 Å². The summed E-state index contributed by atoms with van der Waals surface area (Å²) in [7, 11) is 0. The molecular formula is C13H15BrN2O. The topological polar surface area (TPSA) is 38.0 Å². The second-order valence-corrected chi connectivity index (χ2v) is 5.71. The van der Waals surface area contributed by atoms with E-state index in [2.05, 4.69) is 27.5 Å². The van der Waals surface area contributed by atoms with E-state index < -0.39 is 5.60 Å². The molecule has 1 aromatic carbocycles. The third kappa shape index (κ3) is 2.42. The van der Waals surface area contributed by atoms with E-state index in [0.29, 0.717) is 12.4 Å². The number of halogens is 1. The Bertz CT molecular complexity index is 566. The van der Waals surface area contributed by atoms with Crippen LogP contribution in [0.2, 0.25) is 0 Å². The van der Waals surface area contributed by atoms with Gasteiger partial charge in [0.1, 0.15) is 11.4 Å². The summed E-state index contributed by atoms with van der Waals surface area (Å²) in [5.74, 6) is 0.652. The van der Waals surface area contributed by atoms with Crippen molar-refractivity contribution in [1.29, 1.82) is 0 Å². The van der Waals surface area contributed by atoms with Crippen LogP contribution in [-0.2, 0) is 12.1 Å². The largest absolute Gasteiger partial charge is 0.383 e. The van der Waals surface area contributed by atoms with Gasteiger partial charge >= 0.3 is 0 Å². The monoisotopic (exact) mass is 294 g/mol. The number of para-hydroxylation sites is 2. The van der Waals surface area contributed by atoms with Crippen molar-refractivity contribution in [2.24, 2.45) is 0 Å². The van der Waals surface area contributed by atoms with Crippen molar-refractivity contribution in [3.05, 3.63) is 41.2 Å². The lowest BCUT2D eigenvalue weighted by atomic mass is 10.1. The Labute approximate surface area is 109 Å². The molecule has 4 heteroatoms. The lowest BCUT2D eigenvalue weighted by Crippen LogP contribution is -2.22. The molecule has 0 aliphatic rings. The Kier molecular flexibility index (Phi) is 3.10. The first-order valence-corrected chi connectivity index (χ1v) is 6.20. The molecule has 2 rings (SSSR count). The minimum absolute atomic E-state index is 0.597. The number of aromatic nitrogens is 2. The fourth-order valence-electron chi connectivity index (χ4n) is 1.87. The van der Waals surface area contributed by atoms with Gasteiger partial charge in [0.25, 0.3) is 0 Å². The van der Waals surface area contributed by atoms with E-state index in [1.807, 2.05) is 28.8 Å². The van der Waals surface area contributed by atoms with Crippen molar-refractivity contribution in [2.75, 3.05) is 0 Å². The standard InChI is InChI=1S/C13H15BrN2O/c1-9(14)8-16-11-7-5-4-6-10(11)15-12(16)13(2,3)17/h4-7,17H,1,8H2,2-3H3. The number of hydrogen-bond donors (Lipinski definition) is 1. The predicted octanol–water partition coefficient (Wildman–Crippen LogP) is 3.17. The van der Waals surface area contributed by atoms with Gasteiger partial charge in [-0.3, -0.25) is 0 Å². The highest BCUT2D eigenvalue weighted by Gasteiger charge is 2.24. The second kappa shape index (κ2) is 4.27. The highest BCUT2D eigenvalue weighted by atomic mass is 79.9. The first-order valence-electron chi connectivity index (χ1n) is 5.41. The summed E-state index contributed by atoms with van der Waals surface area (Å²) in [4.78, 5) is 4.49. The van der Waals surface area contributed by atoms with Crippen LogP contribution in [0.5, 0.6) is 0 Å². The zero-order valence-electron chi connectivity index (χ0n) is 9.94. The molecule has 0 bridgehead atoms. The fraction of sp³-hybridized carbons (Fsp3) is 0.308. The molecule has 0 atom stereocenters. The van der Waals surface area contributed by atoms with Gasteiger partial charge in [-0.25, -0.2) is 4.98 Å². The average Bonchev–Trinajstić information content (AvgIpc) is 2.56. The molecule has 2 aromatic rings. The Hall–Kier alpha value is -1.13. The van der Waals surface area contributed by atoms with Gasteiger partial charge in [0, 0.05) is 4.48 Å². The molecule has 0 fully saturated rings. The summed E-state index contributed by atoms with van der Waals surface area (Å²) in [6.45, 7) is 7.92. The van der Waals surface area contributed by atoms with Crippen LogP contribution in [0.15, 0.2) is 35.3 Å². The molecule has 1 N–H and O–H groups in total. The van der Waals surface area contributed by atoms with Crippen molar-refractivity contribution in [1.82, 2.24) is 9.55 Å². The number of aliphatic hydroxyl groups is 1. The minimum atomic E-state index is -0.971. The summed E-state index contributed by atoms with van der Waals surface area (Å²) in [5, 5.41) is 10.2. The van der Waals surface area contributed by atoms with Gasteiger partial charge in [-0.05, 0) is 26.0 Å². The fourth-order valence-corrected chi connectivity index (χ4v) is 2.12. The molecule has 90 valence electrons. The number of allylic oxidation sites excluding steroid dienone is 1. The number of imidazole rings is 1. The summed E-state index contributed by atoms with van der Waals surface area (Å²) >= 11 is 3.36. The van der Waals surface area contributed by atoms with Gasteiger partial charge in [-0.1, -0.05) is 34.6 Å². The molecular weight excluding hydrogens is 280 g/mol. The van der Waals surface area contributed by atoms with Crippen molar-refractivity contribution < 1.29 is 5.11 Å². The SMILES string of the molecule is C=C(Br)Cn1c(C(C)(C)O)nc2ccccc21. The molecule has 1 heterocycles. The van der Waals surface area contributed by atoms with E-state index in [0.717, 1.165) is 15.5 Å². The third-order valence-corrected chi connectivity index (χ3v) is 2.78. The van der Waals surface area contributed by atoms with Crippen LogP contribution < -0.4 is 0 Å². The molecule has 0 aliphatic carbocycles. The highest BCUT2D eigenvalue weighted by molar-refractivity contribution is 9.11. The Balaban J connectivity index is 2.69. The zero-order valence-corrected chi connectivity index (χ0v) is 11.5. The van der Waals surface area contributed by atoms with Gasteiger partial charge in [0.15, 0.2) is 0 Å². The highest BCUT2D eigenvalue weighted by Crippen LogP contribution is 2.26. The van der Waals surface area contributed by atoms with E-state index in [9.17, 15) is 5.11 Å². The molecule has 0 saturated heterocycles. The Morgan fingerprint density at radius 2 is 2.12 bits per heavy atom. The van der Waals surface area contributed by atoms with Gasteiger partial charge in [-0.2, -0.15) is 0 Å². The van der Waals surface area contributed by atoms with Gasteiger partial charge in [0.05, 0.1) is 17.6 Å². The maximum Gasteiger partial charge on any atom is 0.141 e. The van der Waals surface area contributed by atoms with Crippen molar-refractivity contribution >= 4 is 27.0 Å². The summed E-state index contributed by atoms with van der Waals surface area (Å²) in [6.07, 6.45) is 0. The van der Waals surface area contributed by atoms with Crippen LogP contribution in [0.25, 0.3) is 11.0 Å². The molecule has 0 radical (unpaired) electrons. The summed E-state index contributed by atoms with van der Waals surface area (Å²) in [5.41, 5.74) is 0.921. The van der Waals surface area contributed by atoms with Crippen LogP contribution in [0, 0.1) is 0 Å². The smallest absolute Gasteiger partial charge is 0.141 e. The van der Waals surface area contributed by atoms with Crippen LogP contribution >= 0.6 is 15.9 Å². The molecule has 0 unspecified atom stereocenters. The van der Waals surface area contributed by atoms with Crippen molar-refractivity contribution in [3.63, 3.8) is 0 Å². The predicted molar refractivity (Wildman–Crippen MR) is 73.0 cm³/mol. The van der Waals surface area contributed by atoms with Crippen LogP contribution in [-0.4, -0.2) is 14.7 Å². The molecule has 0 spiro atoms. The lowest BCUT2D eigenvalue weighted by Gasteiger charge is -2.18. The number of fused-ring (bicyclic) bond motifs is 1. The molecule has 0 amide bonds. The maximum atomic E-state index is 10.2. The Morgan fingerprint density at radius 1 is 1.47 bits per heavy atom.